The van der Waals surface area contributed by atoms with Crippen molar-refractivity contribution in [2.45, 2.75) is 32.2 Å². The van der Waals surface area contributed by atoms with Gasteiger partial charge in [-0.3, -0.25) is 14.5 Å². The molecule has 160 valence electrons. The van der Waals surface area contributed by atoms with Gasteiger partial charge in [-0.25, -0.2) is 9.18 Å². The Bertz CT molecular complexity index is 759. The number of likely N-dealkylation sites (tertiary alicyclic amines) is 1. The second-order valence-corrected chi connectivity index (χ2v) is 8.34. The normalized spacial score (nSPS) is 15.8. The Morgan fingerprint density at radius 3 is 2.45 bits per heavy atom. The molecule has 0 aliphatic carbocycles. The van der Waals surface area contributed by atoms with Crippen molar-refractivity contribution in [3.05, 3.63) is 34.6 Å². The lowest BCUT2D eigenvalue weighted by Crippen LogP contribution is -2.54. The van der Waals surface area contributed by atoms with Gasteiger partial charge in [0.1, 0.15) is 11.4 Å². The van der Waals surface area contributed by atoms with Crippen molar-refractivity contribution in [2.75, 3.05) is 33.2 Å². The van der Waals surface area contributed by atoms with Crippen LogP contribution in [0.1, 0.15) is 37.0 Å². The van der Waals surface area contributed by atoms with Crippen LogP contribution in [0.2, 0.25) is 5.02 Å². The molecular formula is C20H27ClFN3O4. The number of hydrogen-bond acceptors (Lipinski definition) is 4. The topological polar surface area (TPSA) is 90.0 Å². The lowest BCUT2D eigenvalue weighted by atomic mass is 9.96. The fourth-order valence-electron chi connectivity index (χ4n) is 3.13. The molecule has 0 unspecified atom stereocenters. The summed E-state index contributed by atoms with van der Waals surface area (Å²) in [6.45, 7) is 4.97. The molecule has 1 aliphatic rings. The fourth-order valence-corrected chi connectivity index (χ4v) is 3.35. The minimum absolute atomic E-state index is 0.161. The van der Waals surface area contributed by atoms with Crippen LogP contribution in [-0.2, 0) is 9.59 Å². The maximum Gasteiger partial charge on any atom is 0.329 e. The van der Waals surface area contributed by atoms with Crippen molar-refractivity contribution in [2.24, 2.45) is 5.92 Å². The molecule has 0 saturated carbocycles. The molecule has 1 heterocycles. The summed E-state index contributed by atoms with van der Waals surface area (Å²) in [4.78, 5) is 39.1. The SMILES string of the molecule is CN(C(=O)CN1CCC(CNC(=O)c2cc(F)cc(Cl)c2)CC1)C(C)(C)C(=O)O. The van der Waals surface area contributed by atoms with E-state index in [1.54, 1.807) is 0 Å². The summed E-state index contributed by atoms with van der Waals surface area (Å²) >= 11 is 5.78. The Kier molecular flexibility index (Phi) is 7.60. The Hall–Kier alpha value is -2.19. The molecule has 1 aliphatic heterocycles. The molecule has 0 aromatic heterocycles. The molecule has 7 nitrogen and oxygen atoms in total. The number of carboxylic acid groups (broad SMARTS) is 1. The Balaban J connectivity index is 1.78. The largest absolute Gasteiger partial charge is 0.480 e. The third-order valence-corrected chi connectivity index (χ3v) is 5.70. The number of carboxylic acids is 1. The number of nitrogens with one attached hydrogen (secondary N) is 1. The molecule has 29 heavy (non-hydrogen) atoms. The smallest absolute Gasteiger partial charge is 0.329 e. The standard InChI is InChI=1S/C20H27ClFN3O4/c1-20(2,19(28)29)24(3)17(26)12-25-6-4-13(5-7-25)11-23-18(27)14-8-15(21)10-16(22)9-14/h8-10,13H,4-7,11-12H2,1-3H3,(H,23,27)(H,28,29). The van der Waals surface area contributed by atoms with Crippen LogP contribution in [0.15, 0.2) is 18.2 Å². The van der Waals surface area contributed by atoms with Gasteiger partial charge in [-0.05, 0) is 63.9 Å². The van der Waals surface area contributed by atoms with Crippen LogP contribution in [-0.4, -0.2) is 71.5 Å². The third-order valence-electron chi connectivity index (χ3n) is 5.48. The van der Waals surface area contributed by atoms with Crippen LogP contribution >= 0.6 is 11.6 Å². The maximum atomic E-state index is 13.4. The first-order valence-electron chi connectivity index (χ1n) is 9.47. The summed E-state index contributed by atoms with van der Waals surface area (Å²) in [5, 5.41) is 12.2. The first-order valence-corrected chi connectivity index (χ1v) is 9.85. The molecule has 1 fully saturated rings. The summed E-state index contributed by atoms with van der Waals surface area (Å²) < 4.78 is 13.4. The van der Waals surface area contributed by atoms with Gasteiger partial charge in [0.05, 0.1) is 6.54 Å². The van der Waals surface area contributed by atoms with Crippen LogP contribution in [0.3, 0.4) is 0 Å². The van der Waals surface area contributed by atoms with Gasteiger partial charge >= 0.3 is 5.97 Å². The molecule has 9 heteroatoms. The highest BCUT2D eigenvalue weighted by Crippen LogP contribution is 2.19. The Labute approximate surface area is 174 Å². The van der Waals surface area contributed by atoms with E-state index in [1.165, 1.54) is 31.9 Å². The second-order valence-electron chi connectivity index (χ2n) is 7.90. The Morgan fingerprint density at radius 1 is 1.28 bits per heavy atom. The Morgan fingerprint density at radius 2 is 1.90 bits per heavy atom. The first-order chi connectivity index (χ1) is 13.5. The first kappa shape index (κ1) is 23.1. The predicted molar refractivity (Wildman–Crippen MR) is 107 cm³/mol. The molecule has 1 aromatic carbocycles. The van der Waals surface area contributed by atoms with E-state index in [1.807, 2.05) is 4.90 Å². The lowest BCUT2D eigenvalue weighted by Gasteiger charge is -2.36. The number of carbonyl (C=O) groups excluding carboxylic acids is 2. The summed E-state index contributed by atoms with van der Waals surface area (Å²) in [6.07, 6.45) is 1.59. The van der Waals surface area contributed by atoms with Gasteiger partial charge in [0.2, 0.25) is 5.91 Å². The van der Waals surface area contributed by atoms with Crippen LogP contribution in [0.5, 0.6) is 0 Å². The van der Waals surface area contributed by atoms with Gasteiger partial charge in [0, 0.05) is 24.2 Å². The molecular weight excluding hydrogens is 401 g/mol. The number of carbonyl (C=O) groups is 3. The molecule has 2 amide bonds. The quantitative estimate of drug-likeness (QED) is 0.696. The van der Waals surface area contributed by atoms with E-state index in [4.69, 9.17) is 11.6 Å². The molecule has 0 bridgehead atoms. The summed E-state index contributed by atoms with van der Waals surface area (Å²) in [5.74, 6) is -1.98. The zero-order valence-corrected chi connectivity index (χ0v) is 17.6. The van der Waals surface area contributed by atoms with E-state index >= 15 is 0 Å². The maximum absolute atomic E-state index is 13.4. The number of amides is 2. The molecule has 2 rings (SSSR count). The highest BCUT2D eigenvalue weighted by Gasteiger charge is 2.35. The summed E-state index contributed by atoms with van der Waals surface area (Å²) in [5.41, 5.74) is -1.08. The zero-order chi connectivity index (χ0) is 21.8. The molecule has 0 radical (unpaired) electrons. The number of benzene rings is 1. The number of rotatable bonds is 7. The molecule has 0 atom stereocenters. The van der Waals surface area contributed by atoms with Gasteiger partial charge in [0.25, 0.3) is 5.91 Å². The van der Waals surface area contributed by atoms with Gasteiger partial charge in [-0.1, -0.05) is 11.6 Å². The number of hydrogen-bond donors (Lipinski definition) is 2. The predicted octanol–water partition coefficient (Wildman–Crippen LogP) is 2.24. The number of piperidine rings is 1. The van der Waals surface area contributed by atoms with Crippen molar-refractivity contribution in [3.63, 3.8) is 0 Å². The van der Waals surface area contributed by atoms with Crippen LogP contribution < -0.4 is 5.32 Å². The van der Waals surface area contributed by atoms with Crippen molar-refractivity contribution in [1.29, 1.82) is 0 Å². The minimum atomic E-state index is -1.26. The average molecular weight is 428 g/mol. The van der Waals surface area contributed by atoms with Gasteiger partial charge in [-0.2, -0.15) is 0 Å². The van der Waals surface area contributed by atoms with E-state index in [0.717, 1.165) is 25.0 Å². The van der Waals surface area contributed by atoms with Gasteiger partial charge < -0.3 is 15.3 Å². The van der Waals surface area contributed by atoms with Crippen LogP contribution in [0.25, 0.3) is 0 Å². The highest BCUT2D eigenvalue weighted by molar-refractivity contribution is 6.31. The van der Waals surface area contributed by atoms with Crippen LogP contribution in [0.4, 0.5) is 4.39 Å². The van der Waals surface area contributed by atoms with Gasteiger partial charge in [-0.15, -0.1) is 0 Å². The number of aliphatic carboxylic acids is 1. The molecule has 1 saturated heterocycles. The monoisotopic (exact) mass is 427 g/mol. The van der Waals surface area contributed by atoms with E-state index in [0.29, 0.717) is 19.6 Å². The van der Waals surface area contributed by atoms with E-state index in [-0.39, 0.29) is 34.9 Å². The number of nitrogens with zero attached hydrogens (tertiary/aromatic N) is 2. The highest BCUT2D eigenvalue weighted by atomic mass is 35.5. The van der Waals surface area contributed by atoms with E-state index < -0.39 is 17.3 Å². The summed E-state index contributed by atoms with van der Waals surface area (Å²) in [6, 6.07) is 3.71. The minimum Gasteiger partial charge on any atom is -0.480 e. The number of halogens is 2. The molecule has 2 N–H and O–H groups in total. The molecule has 0 spiro atoms. The second kappa shape index (κ2) is 9.54. The average Bonchev–Trinajstić information content (AvgIpc) is 2.65. The van der Waals surface area contributed by atoms with E-state index in [9.17, 15) is 23.9 Å². The van der Waals surface area contributed by atoms with Crippen molar-refractivity contribution < 1.29 is 23.9 Å². The summed E-state index contributed by atoms with van der Waals surface area (Å²) in [7, 11) is 1.50. The van der Waals surface area contributed by atoms with Gasteiger partial charge in [0.15, 0.2) is 0 Å². The van der Waals surface area contributed by atoms with Crippen molar-refractivity contribution in [1.82, 2.24) is 15.1 Å². The molecule has 1 aromatic rings. The fraction of sp³-hybridized carbons (Fsp3) is 0.550. The van der Waals surface area contributed by atoms with E-state index in [2.05, 4.69) is 5.32 Å². The van der Waals surface area contributed by atoms with Crippen molar-refractivity contribution >= 4 is 29.4 Å². The lowest BCUT2D eigenvalue weighted by molar-refractivity contribution is -0.155. The zero-order valence-electron chi connectivity index (χ0n) is 16.9. The van der Waals surface area contributed by atoms with Crippen LogP contribution in [0, 0.1) is 11.7 Å². The number of likely N-dealkylation sites (N-methyl/N-ethyl adjacent to an activating group) is 1. The van der Waals surface area contributed by atoms with Crippen molar-refractivity contribution in [3.8, 4) is 0 Å². The third kappa shape index (κ3) is 6.14.